The fourth-order valence-corrected chi connectivity index (χ4v) is 4.44. The van der Waals surface area contributed by atoms with Gasteiger partial charge in [-0.25, -0.2) is 0 Å². The van der Waals surface area contributed by atoms with Gasteiger partial charge in [-0.2, -0.15) is 0 Å². The lowest BCUT2D eigenvalue weighted by Gasteiger charge is -2.49. The molecule has 1 N–H and O–H groups in total. The fraction of sp³-hybridized carbons (Fsp3) is 0.900. The lowest BCUT2D eigenvalue weighted by atomic mass is 9.94. The zero-order chi connectivity index (χ0) is 19.3. The first kappa shape index (κ1) is 24.5. The van der Waals surface area contributed by atoms with E-state index in [1.165, 1.54) is 25.9 Å². The van der Waals surface area contributed by atoms with Crippen LogP contribution in [-0.4, -0.2) is 84.5 Å². The number of hydrogen-bond donors (Lipinski definition) is 1. The van der Waals surface area contributed by atoms with Crippen molar-refractivity contribution in [2.24, 2.45) is 10.9 Å². The fourth-order valence-electron chi connectivity index (χ4n) is 4.44. The van der Waals surface area contributed by atoms with E-state index in [4.69, 9.17) is 4.99 Å². The first-order valence-corrected chi connectivity index (χ1v) is 10.3. The maximum absolute atomic E-state index is 12.7. The van der Waals surface area contributed by atoms with Crippen LogP contribution in [0.1, 0.15) is 53.9 Å². The highest BCUT2D eigenvalue weighted by atomic mass is 127. The van der Waals surface area contributed by atoms with E-state index in [-0.39, 0.29) is 41.5 Å². The number of carbonyl (C=O) groups excluding carboxylic acids is 1. The molecule has 2 heterocycles. The minimum atomic E-state index is -0.187. The third kappa shape index (κ3) is 6.76. The summed E-state index contributed by atoms with van der Waals surface area (Å²) >= 11 is 0. The number of piperazine rings is 1. The molecule has 0 atom stereocenters. The van der Waals surface area contributed by atoms with E-state index in [1.807, 2.05) is 4.90 Å². The number of nitrogens with zero attached hydrogens (tertiary/aromatic N) is 4. The SMILES string of the molecule is CCNC(=NCCC1CCN(C)CC1)N1CC(=O)N(C(C)C)C(C)(C)C1.I. The van der Waals surface area contributed by atoms with Gasteiger partial charge in [0.25, 0.3) is 0 Å². The van der Waals surface area contributed by atoms with E-state index < -0.39 is 0 Å². The molecule has 2 fully saturated rings. The van der Waals surface area contributed by atoms with Crippen molar-refractivity contribution in [3.05, 3.63) is 0 Å². The number of rotatable bonds is 5. The highest BCUT2D eigenvalue weighted by Crippen LogP contribution is 2.24. The molecule has 0 aromatic carbocycles. The monoisotopic (exact) mass is 493 g/mol. The second-order valence-corrected chi connectivity index (χ2v) is 8.80. The van der Waals surface area contributed by atoms with Gasteiger partial charge in [0.2, 0.25) is 5.91 Å². The van der Waals surface area contributed by atoms with E-state index >= 15 is 0 Å². The van der Waals surface area contributed by atoms with Crippen LogP contribution in [0.25, 0.3) is 0 Å². The van der Waals surface area contributed by atoms with Crippen molar-refractivity contribution < 1.29 is 4.79 Å². The van der Waals surface area contributed by atoms with Gasteiger partial charge in [0.1, 0.15) is 0 Å². The zero-order valence-corrected chi connectivity index (χ0v) is 20.5. The molecule has 27 heavy (non-hydrogen) atoms. The van der Waals surface area contributed by atoms with Crippen molar-refractivity contribution in [3.8, 4) is 0 Å². The third-order valence-electron chi connectivity index (χ3n) is 5.61. The van der Waals surface area contributed by atoms with E-state index in [0.717, 1.165) is 37.9 Å². The Balaban J connectivity index is 0.00000364. The Labute approximate surface area is 183 Å². The number of likely N-dealkylation sites (tertiary alicyclic amines) is 1. The first-order valence-electron chi connectivity index (χ1n) is 10.3. The molecule has 0 unspecified atom stereocenters. The predicted octanol–water partition coefficient (Wildman–Crippen LogP) is 2.63. The summed E-state index contributed by atoms with van der Waals surface area (Å²) < 4.78 is 0. The van der Waals surface area contributed by atoms with E-state index in [2.05, 4.69) is 56.8 Å². The number of halogens is 1. The third-order valence-corrected chi connectivity index (χ3v) is 5.61. The highest BCUT2D eigenvalue weighted by molar-refractivity contribution is 14.0. The highest BCUT2D eigenvalue weighted by Gasteiger charge is 2.40. The van der Waals surface area contributed by atoms with Crippen molar-refractivity contribution in [2.75, 3.05) is 46.3 Å². The number of amides is 1. The summed E-state index contributed by atoms with van der Waals surface area (Å²) in [6, 6.07) is 0.226. The van der Waals surface area contributed by atoms with Crippen LogP contribution in [0, 0.1) is 5.92 Å². The predicted molar refractivity (Wildman–Crippen MR) is 124 cm³/mol. The second kappa shape index (κ2) is 10.8. The topological polar surface area (TPSA) is 51.2 Å². The molecule has 0 aliphatic carbocycles. The van der Waals surface area contributed by atoms with Crippen LogP contribution in [0.15, 0.2) is 4.99 Å². The summed E-state index contributed by atoms with van der Waals surface area (Å²) in [7, 11) is 2.20. The molecule has 2 aliphatic rings. The van der Waals surface area contributed by atoms with Gasteiger partial charge in [0, 0.05) is 25.7 Å². The molecule has 6 nitrogen and oxygen atoms in total. The summed E-state index contributed by atoms with van der Waals surface area (Å²) in [5.74, 6) is 1.87. The quantitative estimate of drug-likeness (QED) is 0.364. The lowest BCUT2D eigenvalue weighted by molar-refractivity contribution is -0.145. The summed E-state index contributed by atoms with van der Waals surface area (Å²) in [6.07, 6.45) is 3.70. The van der Waals surface area contributed by atoms with Crippen LogP contribution in [0.3, 0.4) is 0 Å². The first-order chi connectivity index (χ1) is 12.2. The maximum Gasteiger partial charge on any atom is 0.242 e. The van der Waals surface area contributed by atoms with Crippen LogP contribution in [0.2, 0.25) is 0 Å². The molecule has 0 aromatic rings. The Morgan fingerprint density at radius 2 is 1.93 bits per heavy atom. The van der Waals surface area contributed by atoms with Gasteiger partial charge < -0.3 is 20.0 Å². The largest absolute Gasteiger partial charge is 0.357 e. The van der Waals surface area contributed by atoms with Gasteiger partial charge in [-0.3, -0.25) is 9.79 Å². The molecule has 0 saturated carbocycles. The van der Waals surface area contributed by atoms with Crippen LogP contribution in [0.4, 0.5) is 0 Å². The minimum absolute atomic E-state index is 0. The summed E-state index contributed by atoms with van der Waals surface area (Å²) in [6.45, 7) is 15.9. The van der Waals surface area contributed by atoms with Crippen LogP contribution >= 0.6 is 24.0 Å². The van der Waals surface area contributed by atoms with Crippen LogP contribution in [0.5, 0.6) is 0 Å². The van der Waals surface area contributed by atoms with Gasteiger partial charge in [-0.05, 0) is 79.9 Å². The molecule has 0 spiro atoms. The number of piperidine rings is 1. The number of aliphatic imine (C=N–C) groups is 1. The van der Waals surface area contributed by atoms with Gasteiger partial charge in [0.15, 0.2) is 5.96 Å². The molecular formula is C20H40IN5O. The van der Waals surface area contributed by atoms with Gasteiger partial charge in [0.05, 0.1) is 12.1 Å². The molecule has 0 radical (unpaired) electrons. The van der Waals surface area contributed by atoms with Gasteiger partial charge in [-0.1, -0.05) is 0 Å². The van der Waals surface area contributed by atoms with Gasteiger partial charge >= 0.3 is 0 Å². The molecule has 0 bridgehead atoms. The Morgan fingerprint density at radius 1 is 1.30 bits per heavy atom. The Bertz CT molecular complexity index is 501. The average molecular weight is 493 g/mol. The van der Waals surface area contributed by atoms with E-state index in [1.54, 1.807) is 0 Å². The number of guanidine groups is 1. The normalized spacial score (nSPS) is 22.2. The smallest absolute Gasteiger partial charge is 0.242 e. The standard InChI is InChI=1S/C20H39N5O.HI/c1-7-21-19(22-11-8-17-9-12-23(6)13-10-17)24-14-18(26)25(16(2)3)20(4,5)15-24;/h16-17H,7-15H2,1-6H3,(H,21,22);1H. The van der Waals surface area contributed by atoms with Crippen molar-refractivity contribution in [2.45, 2.75) is 65.5 Å². The summed E-state index contributed by atoms with van der Waals surface area (Å²) in [5.41, 5.74) is -0.187. The van der Waals surface area contributed by atoms with Crippen molar-refractivity contribution in [1.29, 1.82) is 0 Å². The molecule has 2 rings (SSSR count). The molecule has 0 aromatic heterocycles. The zero-order valence-electron chi connectivity index (χ0n) is 18.1. The van der Waals surface area contributed by atoms with Gasteiger partial charge in [-0.15, -0.1) is 24.0 Å². The lowest BCUT2D eigenvalue weighted by Crippen LogP contribution is -2.66. The van der Waals surface area contributed by atoms with Crippen molar-refractivity contribution >= 4 is 35.8 Å². The van der Waals surface area contributed by atoms with E-state index in [0.29, 0.717) is 6.54 Å². The number of carbonyl (C=O) groups is 1. The average Bonchev–Trinajstić information content (AvgIpc) is 2.54. The molecule has 2 aliphatic heterocycles. The molecule has 7 heteroatoms. The van der Waals surface area contributed by atoms with Crippen molar-refractivity contribution in [1.82, 2.24) is 20.0 Å². The summed E-state index contributed by atoms with van der Waals surface area (Å²) in [4.78, 5) is 24.2. The number of hydrogen-bond acceptors (Lipinski definition) is 3. The molecule has 2 saturated heterocycles. The molecule has 1 amide bonds. The Hall–Kier alpha value is -0.570. The van der Waals surface area contributed by atoms with Crippen LogP contribution in [-0.2, 0) is 4.79 Å². The van der Waals surface area contributed by atoms with Crippen LogP contribution < -0.4 is 5.32 Å². The second-order valence-electron chi connectivity index (χ2n) is 8.80. The Kier molecular flexibility index (Phi) is 9.82. The minimum Gasteiger partial charge on any atom is -0.357 e. The Morgan fingerprint density at radius 3 is 2.44 bits per heavy atom. The maximum atomic E-state index is 12.7. The number of nitrogens with one attached hydrogen (secondary N) is 1. The van der Waals surface area contributed by atoms with Crippen molar-refractivity contribution in [3.63, 3.8) is 0 Å². The summed E-state index contributed by atoms with van der Waals surface area (Å²) in [5, 5.41) is 3.40. The molecular weight excluding hydrogens is 453 g/mol. The molecule has 158 valence electrons. The van der Waals surface area contributed by atoms with E-state index in [9.17, 15) is 4.79 Å².